The molecule has 9 heteroatoms. The van der Waals surface area contributed by atoms with Gasteiger partial charge in [-0.3, -0.25) is 0 Å². The number of hydrogen-bond donors (Lipinski definition) is 1. The van der Waals surface area contributed by atoms with E-state index in [1.807, 2.05) is 6.92 Å². The van der Waals surface area contributed by atoms with Crippen LogP contribution in [0.3, 0.4) is 0 Å². The SMILES string of the molecule is CCN(CC(C)(C)O)c1ccc2nnc(C(F)(F)F)n2n1. The number of rotatable bonds is 4. The molecule has 0 saturated carbocycles. The first-order valence-corrected chi connectivity index (χ1v) is 6.39. The molecule has 2 aromatic rings. The third-order valence-corrected chi connectivity index (χ3v) is 2.79. The zero-order chi connectivity index (χ0) is 15.8. The number of nitrogens with zero attached hydrogens (tertiary/aromatic N) is 5. The van der Waals surface area contributed by atoms with E-state index in [1.54, 1.807) is 24.8 Å². The minimum atomic E-state index is -4.63. The fourth-order valence-electron chi connectivity index (χ4n) is 1.95. The molecule has 0 spiro atoms. The molecule has 6 nitrogen and oxygen atoms in total. The fraction of sp³-hybridized carbons (Fsp3) is 0.583. The number of aromatic nitrogens is 4. The normalized spacial score (nSPS) is 12.9. The van der Waals surface area contributed by atoms with Crippen molar-refractivity contribution in [2.45, 2.75) is 32.5 Å². The number of fused-ring (bicyclic) bond motifs is 1. The Hall–Kier alpha value is -1.90. The maximum atomic E-state index is 12.8. The van der Waals surface area contributed by atoms with Gasteiger partial charge in [0.1, 0.15) is 5.82 Å². The lowest BCUT2D eigenvalue weighted by Crippen LogP contribution is -2.39. The van der Waals surface area contributed by atoms with E-state index >= 15 is 0 Å². The van der Waals surface area contributed by atoms with Crippen LogP contribution < -0.4 is 4.90 Å². The van der Waals surface area contributed by atoms with Crippen molar-refractivity contribution in [2.75, 3.05) is 18.0 Å². The first kappa shape index (κ1) is 15.5. The highest BCUT2D eigenvalue weighted by Gasteiger charge is 2.37. The van der Waals surface area contributed by atoms with Gasteiger partial charge in [-0.2, -0.15) is 17.7 Å². The molecular formula is C12H16F3N5O. The van der Waals surface area contributed by atoms with E-state index in [0.717, 1.165) is 0 Å². The van der Waals surface area contributed by atoms with Crippen LogP contribution in [0.2, 0.25) is 0 Å². The molecule has 2 rings (SSSR count). The van der Waals surface area contributed by atoms with Crippen LogP contribution in [0.1, 0.15) is 26.6 Å². The van der Waals surface area contributed by atoms with Gasteiger partial charge in [0, 0.05) is 13.1 Å². The number of alkyl halides is 3. The molecular weight excluding hydrogens is 287 g/mol. The Balaban J connectivity index is 2.45. The van der Waals surface area contributed by atoms with Gasteiger partial charge in [0.15, 0.2) is 5.65 Å². The maximum absolute atomic E-state index is 12.8. The monoisotopic (exact) mass is 303 g/mol. The molecule has 0 bridgehead atoms. The summed E-state index contributed by atoms with van der Waals surface area (Å²) >= 11 is 0. The average molecular weight is 303 g/mol. The summed E-state index contributed by atoms with van der Waals surface area (Å²) in [4.78, 5) is 1.68. The maximum Gasteiger partial charge on any atom is 0.453 e. The van der Waals surface area contributed by atoms with E-state index in [4.69, 9.17) is 0 Å². The van der Waals surface area contributed by atoms with Crippen molar-refractivity contribution in [1.82, 2.24) is 19.8 Å². The molecule has 116 valence electrons. The predicted molar refractivity (Wildman–Crippen MR) is 70.0 cm³/mol. The van der Waals surface area contributed by atoms with Gasteiger partial charge in [0.25, 0.3) is 5.82 Å². The molecule has 0 fully saturated rings. The highest BCUT2D eigenvalue weighted by atomic mass is 19.4. The largest absolute Gasteiger partial charge is 0.453 e. The van der Waals surface area contributed by atoms with Crippen LogP contribution >= 0.6 is 0 Å². The van der Waals surface area contributed by atoms with Gasteiger partial charge in [-0.05, 0) is 32.9 Å². The first-order chi connectivity index (χ1) is 9.62. The van der Waals surface area contributed by atoms with Crippen LogP contribution in [-0.4, -0.2) is 43.6 Å². The van der Waals surface area contributed by atoms with Crippen molar-refractivity contribution in [3.05, 3.63) is 18.0 Å². The zero-order valence-corrected chi connectivity index (χ0v) is 11.9. The summed E-state index contributed by atoms with van der Waals surface area (Å²) in [6.07, 6.45) is -4.63. The standard InChI is InChI=1S/C12H16F3N5O/c1-4-19(7-11(2,3)21)9-6-5-8-16-17-10(12(13,14)15)20(8)18-9/h5-6,21H,4,7H2,1-3H3. The minimum absolute atomic E-state index is 0.0189. The second kappa shape index (κ2) is 5.14. The lowest BCUT2D eigenvalue weighted by Gasteiger charge is -2.28. The molecule has 0 aromatic carbocycles. The highest BCUT2D eigenvalue weighted by molar-refractivity contribution is 5.46. The Labute approximate surface area is 119 Å². The molecule has 0 amide bonds. The van der Waals surface area contributed by atoms with Crippen molar-refractivity contribution in [2.24, 2.45) is 0 Å². The van der Waals surface area contributed by atoms with Gasteiger partial charge in [-0.25, -0.2) is 0 Å². The Morgan fingerprint density at radius 3 is 2.43 bits per heavy atom. The van der Waals surface area contributed by atoms with Gasteiger partial charge in [-0.1, -0.05) is 0 Å². The first-order valence-electron chi connectivity index (χ1n) is 6.39. The molecule has 0 aliphatic rings. The second-order valence-electron chi connectivity index (χ2n) is 5.31. The van der Waals surface area contributed by atoms with Crippen LogP contribution in [0.25, 0.3) is 5.65 Å². The summed E-state index contributed by atoms with van der Waals surface area (Å²) in [6, 6.07) is 2.97. The summed E-state index contributed by atoms with van der Waals surface area (Å²) in [7, 11) is 0. The summed E-state index contributed by atoms with van der Waals surface area (Å²) in [6.45, 7) is 5.80. The summed E-state index contributed by atoms with van der Waals surface area (Å²) in [5.41, 5.74) is -0.974. The highest BCUT2D eigenvalue weighted by Crippen LogP contribution is 2.28. The van der Waals surface area contributed by atoms with Gasteiger partial charge in [-0.15, -0.1) is 15.3 Å². The van der Waals surface area contributed by atoms with E-state index in [1.165, 1.54) is 6.07 Å². The third-order valence-electron chi connectivity index (χ3n) is 2.79. The number of likely N-dealkylation sites (N-methyl/N-ethyl adjacent to an activating group) is 1. The number of aliphatic hydroxyl groups is 1. The van der Waals surface area contributed by atoms with Crippen LogP contribution in [-0.2, 0) is 6.18 Å². The van der Waals surface area contributed by atoms with E-state index < -0.39 is 17.6 Å². The molecule has 0 atom stereocenters. The van der Waals surface area contributed by atoms with Gasteiger partial charge >= 0.3 is 6.18 Å². The molecule has 2 aromatic heterocycles. The quantitative estimate of drug-likeness (QED) is 0.932. The Morgan fingerprint density at radius 1 is 1.24 bits per heavy atom. The zero-order valence-electron chi connectivity index (χ0n) is 11.9. The summed E-state index contributed by atoms with van der Waals surface area (Å²) in [5.74, 6) is -0.851. The summed E-state index contributed by atoms with van der Waals surface area (Å²) in [5, 5.41) is 20.4. The predicted octanol–water partition coefficient (Wildman–Crippen LogP) is 1.74. The van der Waals surface area contributed by atoms with E-state index in [-0.39, 0.29) is 12.2 Å². The van der Waals surface area contributed by atoms with E-state index in [2.05, 4.69) is 15.3 Å². The Bertz CT molecular complexity index is 632. The van der Waals surface area contributed by atoms with Crippen LogP contribution in [0, 0.1) is 0 Å². The number of anilines is 1. The van der Waals surface area contributed by atoms with Crippen molar-refractivity contribution < 1.29 is 18.3 Å². The topological polar surface area (TPSA) is 66.5 Å². The van der Waals surface area contributed by atoms with E-state index in [9.17, 15) is 18.3 Å². The number of halogens is 3. The lowest BCUT2D eigenvalue weighted by molar-refractivity contribution is -0.146. The smallest absolute Gasteiger partial charge is 0.389 e. The third kappa shape index (κ3) is 3.41. The fourth-order valence-corrected chi connectivity index (χ4v) is 1.95. The van der Waals surface area contributed by atoms with Crippen molar-refractivity contribution in [1.29, 1.82) is 0 Å². The van der Waals surface area contributed by atoms with Crippen molar-refractivity contribution >= 4 is 11.5 Å². The van der Waals surface area contributed by atoms with Gasteiger partial charge in [0.2, 0.25) is 0 Å². The molecule has 0 aliphatic carbocycles. The lowest BCUT2D eigenvalue weighted by atomic mass is 10.1. The second-order valence-corrected chi connectivity index (χ2v) is 5.31. The molecule has 21 heavy (non-hydrogen) atoms. The van der Waals surface area contributed by atoms with Gasteiger partial charge < -0.3 is 10.0 Å². The molecule has 2 heterocycles. The molecule has 0 radical (unpaired) electrons. The number of hydrogen-bond acceptors (Lipinski definition) is 5. The molecule has 0 aliphatic heterocycles. The van der Waals surface area contributed by atoms with Crippen LogP contribution in [0.15, 0.2) is 12.1 Å². The van der Waals surface area contributed by atoms with Gasteiger partial charge in [0.05, 0.1) is 5.60 Å². The van der Waals surface area contributed by atoms with Crippen molar-refractivity contribution in [3.8, 4) is 0 Å². The molecule has 0 unspecified atom stereocenters. The van der Waals surface area contributed by atoms with Crippen LogP contribution in [0.4, 0.5) is 19.0 Å². The Kier molecular flexibility index (Phi) is 3.79. The molecule has 0 saturated heterocycles. The van der Waals surface area contributed by atoms with Crippen LogP contribution in [0.5, 0.6) is 0 Å². The summed E-state index contributed by atoms with van der Waals surface area (Å²) < 4.78 is 39.1. The minimum Gasteiger partial charge on any atom is -0.389 e. The molecule has 1 N–H and O–H groups in total. The average Bonchev–Trinajstić information content (AvgIpc) is 2.77. The van der Waals surface area contributed by atoms with Crippen molar-refractivity contribution in [3.63, 3.8) is 0 Å². The Morgan fingerprint density at radius 2 is 1.90 bits per heavy atom. The van der Waals surface area contributed by atoms with E-state index in [0.29, 0.717) is 16.9 Å².